The Morgan fingerprint density at radius 2 is 1.88 bits per heavy atom. The summed E-state index contributed by atoms with van der Waals surface area (Å²) < 4.78 is 13.2. The summed E-state index contributed by atoms with van der Waals surface area (Å²) in [5, 5.41) is 3.05. The quantitative estimate of drug-likeness (QED) is 0.785. The second-order valence-electron chi connectivity index (χ2n) is 6.43. The van der Waals surface area contributed by atoms with Crippen molar-refractivity contribution < 1.29 is 14.3 Å². The van der Waals surface area contributed by atoms with Gasteiger partial charge in [0.05, 0.1) is 17.1 Å². The second-order valence-corrected chi connectivity index (χ2v) is 6.43. The first kappa shape index (κ1) is 16.4. The van der Waals surface area contributed by atoms with Crippen LogP contribution in [0.5, 0.6) is 11.5 Å². The Morgan fingerprint density at radius 3 is 2.62 bits per heavy atom. The number of imidazole rings is 1. The smallest absolute Gasteiger partial charge is 0.240 e. The lowest BCUT2D eigenvalue weighted by Crippen LogP contribution is -2.30. The number of carbonyl (C=O) groups excluding carboxylic acids is 1. The topological polar surface area (TPSA) is 65.4 Å². The van der Waals surface area contributed by atoms with Crippen molar-refractivity contribution in [3.05, 3.63) is 53.9 Å². The van der Waals surface area contributed by atoms with Gasteiger partial charge in [0.1, 0.15) is 25.6 Å². The van der Waals surface area contributed by atoms with E-state index in [1.807, 2.05) is 60.9 Å². The Kier molecular flexibility index (Phi) is 4.24. The summed E-state index contributed by atoms with van der Waals surface area (Å²) in [4.78, 5) is 17.1. The third-order valence-corrected chi connectivity index (χ3v) is 4.58. The maximum absolute atomic E-state index is 12.6. The number of aryl methyl sites for hydroxylation is 1. The van der Waals surface area contributed by atoms with Crippen molar-refractivity contribution in [1.29, 1.82) is 0 Å². The van der Waals surface area contributed by atoms with Gasteiger partial charge in [-0.1, -0.05) is 30.3 Å². The fraction of sp³-hybridized carbons (Fsp3) is 0.300. The summed E-state index contributed by atoms with van der Waals surface area (Å²) in [7, 11) is 0. The van der Waals surface area contributed by atoms with Crippen molar-refractivity contribution >= 4 is 16.9 Å². The van der Waals surface area contributed by atoms with Crippen LogP contribution in [0, 0.1) is 6.92 Å². The largest absolute Gasteiger partial charge is 0.486 e. The molecule has 0 radical (unpaired) electrons. The molecule has 1 aliphatic heterocycles. The van der Waals surface area contributed by atoms with Crippen LogP contribution in [0.4, 0.5) is 0 Å². The van der Waals surface area contributed by atoms with Crippen LogP contribution in [0.2, 0.25) is 0 Å². The number of hydrogen-bond donors (Lipinski definition) is 1. The van der Waals surface area contributed by atoms with Gasteiger partial charge in [-0.2, -0.15) is 0 Å². The van der Waals surface area contributed by atoms with Gasteiger partial charge in [-0.3, -0.25) is 4.79 Å². The maximum atomic E-state index is 12.6. The number of fused-ring (bicyclic) bond motifs is 2. The number of carbonyl (C=O) groups is 1. The van der Waals surface area contributed by atoms with Crippen molar-refractivity contribution in [2.75, 3.05) is 13.2 Å². The predicted octanol–water partition coefficient (Wildman–Crippen LogP) is 2.99. The average Bonchev–Trinajstić information content (AvgIpc) is 2.95. The van der Waals surface area contributed by atoms with Gasteiger partial charge in [0.25, 0.3) is 0 Å². The van der Waals surface area contributed by atoms with Crippen molar-refractivity contribution in [1.82, 2.24) is 14.9 Å². The number of benzene rings is 2. The van der Waals surface area contributed by atoms with Crippen LogP contribution >= 0.6 is 0 Å². The summed E-state index contributed by atoms with van der Waals surface area (Å²) >= 11 is 0. The molecule has 3 aromatic rings. The molecule has 1 amide bonds. The zero-order valence-electron chi connectivity index (χ0n) is 14.9. The van der Waals surface area contributed by atoms with Crippen LogP contribution in [0.1, 0.15) is 24.4 Å². The average molecular weight is 351 g/mol. The number of ether oxygens (including phenoxy) is 2. The summed E-state index contributed by atoms with van der Waals surface area (Å²) in [5.41, 5.74) is 2.75. The van der Waals surface area contributed by atoms with Crippen molar-refractivity contribution in [2.45, 2.75) is 26.4 Å². The first-order chi connectivity index (χ1) is 12.6. The third kappa shape index (κ3) is 3.10. The first-order valence-corrected chi connectivity index (χ1v) is 8.72. The Labute approximate surface area is 151 Å². The lowest BCUT2D eigenvalue weighted by atomic mass is 10.1. The molecule has 134 valence electrons. The fourth-order valence-electron chi connectivity index (χ4n) is 3.24. The van der Waals surface area contributed by atoms with E-state index in [2.05, 4.69) is 10.3 Å². The minimum Gasteiger partial charge on any atom is -0.486 e. The monoisotopic (exact) mass is 351 g/mol. The van der Waals surface area contributed by atoms with Crippen LogP contribution in [-0.4, -0.2) is 28.7 Å². The molecule has 1 atom stereocenters. The van der Waals surface area contributed by atoms with Gasteiger partial charge in [0.15, 0.2) is 11.5 Å². The SMILES string of the molecule is Cc1nc2cc3c(cc2n1CC(=O)NC(C)c1ccccc1)OCCO3. The molecule has 0 aliphatic carbocycles. The molecule has 1 aliphatic rings. The second kappa shape index (κ2) is 6.71. The molecular formula is C20H21N3O3. The van der Waals surface area contributed by atoms with E-state index in [0.29, 0.717) is 24.7 Å². The highest BCUT2D eigenvalue weighted by atomic mass is 16.6. The molecule has 0 saturated carbocycles. The van der Waals surface area contributed by atoms with E-state index in [1.54, 1.807) is 0 Å². The maximum Gasteiger partial charge on any atom is 0.240 e. The van der Waals surface area contributed by atoms with Gasteiger partial charge in [-0.15, -0.1) is 0 Å². The fourth-order valence-corrected chi connectivity index (χ4v) is 3.24. The number of nitrogens with one attached hydrogen (secondary N) is 1. The number of aromatic nitrogens is 2. The van der Waals surface area contributed by atoms with E-state index in [4.69, 9.17) is 9.47 Å². The molecule has 0 saturated heterocycles. The number of amides is 1. The molecular weight excluding hydrogens is 330 g/mol. The molecule has 6 heteroatoms. The molecule has 2 aromatic carbocycles. The zero-order valence-corrected chi connectivity index (χ0v) is 14.9. The Bertz CT molecular complexity index is 950. The normalized spacial score (nSPS) is 14.2. The summed E-state index contributed by atoms with van der Waals surface area (Å²) in [5.74, 6) is 2.13. The van der Waals surface area contributed by atoms with Crippen LogP contribution in [0.3, 0.4) is 0 Å². The lowest BCUT2D eigenvalue weighted by molar-refractivity contribution is -0.122. The number of hydrogen-bond acceptors (Lipinski definition) is 4. The van der Waals surface area contributed by atoms with Gasteiger partial charge in [0.2, 0.25) is 5.91 Å². The highest BCUT2D eigenvalue weighted by molar-refractivity contribution is 5.84. The van der Waals surface area contributed by atoms with E-state index < -0.39 is 0 Å². The Hall–Kier alpha value is -3.02. The van der Waals surface area contributed by atoms with Crippen LogP contribution < -0.4 is 14.8 Å². The molecule has 26 heavy (non-hydrogen) atoms. The van der Waals surface area contributed by atoms with Gasteiger partial charge in [-0.05, 0) is 19.4 Å². The van der Waals surface area contributed by atoms with Gasteiger partial charge in [-0.25, -0.2) is 4.98 Å². The minimum absolute atomic E-state index is 0.0525. The van der Waals surface area contributed by atoms with E-state index in [1.165, 1.54) is 0 Å². The van der Waals surface area contributed by atoms with Crippen molar-refractivity contribution in [3.63, 3.8) is 0 Å². The summed E-state index contributed by atoms with van der Waals surface area (Å²) in [6.07, 6.45) is 0. The first-order valence-electron chi connectivity index (χ1n) is 8.72. The highest BCUT2D eigenvalue weighted by Gasteiger charge is 2.18. The molecule has 0 fully saturated rings. The number of rotatable bonds is 4. The molecule has 1 aromatic heterocycles. The Morgan fingerprint density at radius 1 is 1.19 bits per heavy atom. The van der Waals surface area contributed by atoms with Crippen LogP contribution in [-0.2, 0) is 11.3 Å². The van der Waals surface area contributed by atoms with Crippen LogP contribution in [0.15, 0.2) is 42.5 Å². The van der Waals surface area contributed by atoms with Gasteiger partial charge < -0.3 is 19.4 Å². The standard InChI is InChI=1S/C20H21N3O3/c1-13(15-6-4-3-5-7-15)21-20(24)12-23-14(2)22-16-10-18-19(11-17(16)23)26-9-8-25-18/h3-7,10-11,13H,8-9,12H2,1-2H3,(H,21,24). The van der Waals surface area contributed by atoms with Crippen LogP contribution in [0.25, 0.3) is 11.0 Å². The van der Waals surface area contributed by atoms with Gasteiger partial charge in [0, 0.05) is 12.1 Å². The summed E-state index contributed by atoms with van der Waals surface area (Å²) in [6.45, 7) is 5.15. The lowest BCUT2D eigenvalue weighted by Gasteiger charge is -2.18. The Balaban J connectivity index is 1.56. The molecule has 0 spiro atoms. The predicted molar refractivity (Wildman–Crippen MR) is 98.5 cm³/mol. The van der Waals surface area contributed by atoms with E-state index in [-0.39, 0.29) is 18.5 Å². The molecule has 1 N–H and O–H groups in total. The third-order valence-electron chi connectivity index (χ3n) is 4.58. The van der Waals surface area contributed by atoms with E-state index in [9.17, 15) is 4.79 Å². The van der Waals surface area contributed by atoms with E-state index in [0.717, 1.165) is 22.4 Å². The van der Waals surface area contributed by atoms with Crippen molar-refractivity contribution in [3.8, 4) is 11.5 Å². The molecule has 6 nitrogen and oxygen atoms in total. The molecule has 0 bridgehead atoms. The van der Waals surface area contributed by atoms with Gasteiger partial charge >= 0.3 is 0 Å². The highest BCUT2D eigenvalue weighted by Crippen LogP contribution is 2.34. The zero-order chi connectivity index (χ0) is 18.1. The minimum atomic E-state index is -0.0568. The van der Waals surface area contributed by atoms with Crippen molar-refractivity contribution in [2.24, 2.45) is 0 Å². The number of nitrogens with zero attached hydrogens (tertiary/aromatic N) is 2. The molecule has 1 unspecified atom stereocenters. The van der Waals surface area contributed by atoms with E-state index >= 15 is 0 Å². The summed E-state index contributed by atoms with van der Waals surface area (Å²) in [6, 6.07) is 13.6. The molecule has 2 heterocycles. The molecule has 4 rings (SSSR count).